The van der Waals surface area contributed by atoms with E-state index in [-0.39, 0.29) is 0 Å². The molecule has 0 aliphatic carbocycles. The van der Waals surface area contributed by atoms with Crippen molar-refractivity contribution < 1.29 is 4.74 Å². The number of halogens is 1. The molecule has 0 saturated heterocycles. The summed E-state index contributed by atoms with van der Waals surface area (Å²) < 4.78 is 6.44. The van der Waals surface area contributed by atoms with Crippen LogP contribution in [0.5, 0.6) is 5.75 Å². The maximum atomic E-state index is 5.42. The summed E-state index contributed by atoms with van der Waals surface area (Å²) in [6, 6.07) is 6.19. The van der Waals surface area contributed by atoms with Gasteiger partial charge in [-0.15, -0.1) is 0 Å². The first-order valence-corrected chi connectivity index (χ1v) is 5.68. The molecule has 15 heavy (non-hydrogen) atoms. The first-order valence-electron chi connectivity index (χ1n) is 4.89. The van der Waals surface area contributed by atoms with Gasteiger partial charge in [0.05, 0.1) is 18.3 Å². The Kier molecular flexibility index (Phi) is 2.91. The number of aromatic nitrogens is 1. The third-order valence-corrected chi connectivity index (χ3v) is 2.77. The number of pyridine rings is 1. The van der Waals surface area contributed by atoms with Gasteiger partial charge in [-0.05, 0) is 53.5 Å². The van der Waals surface area contributed by atoms with Crippen LogP contribution in [0, 0.1) is 6.92 Å². The number of hydrogen-bond acceptors (Lipinski definition) is 2. The molecule has 0 aliphatic rings. The van der Waals surface area contributed by atoms with Crippen LogP contribution in [0.2, 0.25) is 0 Å². The minimum Gasteiger partial charge on any atom is -0.492 e. The third-order valence-electron chi connectivity index (χ3n) is 2.17. The van der Waals surface area contributed by atoms with Crippen LogP contribution in [0.4, 0.5) is 0 Å². The molecule has 3 heteroatoms. The average Bonchev–Trinajstić information content (AvgIpc) is 2.17. The summed E-state index contributed by atoms with van der Waals surface area (Å²) in [6.07, 6.45) is 1.76. The van der Waals surface area contributed by atoms with E-state index in [0.29, 0.717) is 6.61 Å². The van der Waals surface area contributed by atoms with Gasteiger partial charge in [0.25, 0.3) is 0 Å². The van der Waals surface area contributed by atoms with E-state index in [4.69, 9.17) is 4.74 Å². The minimum absolute atomic E-state index is 0.667. The highest BCUT2D eigenvalue weighted by atomic mass is 79.9. The van der Waals surface area contributed by atoms with Crippen LogP contribution in [-0.4, -0.2) is 11.6 Å². The zero-order chi connectivity index (χ0) is 10.8. The van der Waals surface area contributed by atoms with Crippen molar-refractivity contribution >= 4 is 26.8 Å². The van der Waals surface area contributed by atoms with Gasteiger partial charge in [0.1, 0.15) is 5.75 Å². The van der Waals surface area contributed by atoms with E-state index in [1.54, 1.807) is 6.20 Å². The van der Waals surface area contributed by atoms with Crippen molar-refractivity contribution in [2.45, 2.75) is 13.8 Å². The topological polar surface area (TPSA) is 22.1 Å². The Balaban J connectivity index is 2.60. The van der Waals surface area contributed by atoms with Crippen LogP contribution in [0.1, 0.15) is 12.5 Å². The summed E-state index contributed by atoms with van der Waals surface area (Å²) in [6.45, 7) is 4.70. The maximum absolute atomic E-state index is 5.42. The molecule has 0 radical (unpaired) electrons. The van der Waals surface area contributed by atoms with Crippen molar-refractivity contribution in [2.24, 2.45) is 0 Å². The fraction of sp³-hybridized carbons (Fsp3) is 0.250. The molecule has 0 saturated carbocycles. The normalized spacial score (nSPS) is 10.6. The molecule has 2 rings (SSSR count). The van der Waals surface area contributed by atoms with E-state index in [1.165, 1.54) is 5.56 Å². The Labute approximate surface area is 97.4 Å². The SMILES string of the molecule is CCOc1cnc2c(Br)cc(C)cc2c1. The molecular formula is C12H12BrNO. The number of hydrogen-bond donors (Lipinski definition) is 0. The van der Waals surface area contributed by atoms with Crippen LogP contribution in [0.3, 0.4) is 0 Å². The summed E-state index contributed by atoms with van der Waals surface area (Å²) in [5.74, 6) is 0.822. The predicted molar refractivity (Wildman–Crippen MR) is 65.3 cm³/mol. The third kappa shape index (κ3) is 2.12. The zero-order valence-electron chi connectivity index (χ0n) is 8.75. The van der Waals surface area contributed by atoms with Crippen molar-refractivity contribution in [1.29, 1.82) is 0 Å². The minimum atomic E-state index is 0.667. The fourth-order valence-corrected chi connectivity index (χ4v) is 2.26. The second-order valence-electron chi connectivity index (χ2n) is 3.42. The highest BCUT2D eigenvalue weighted by Crippen LogP contribution is 2.26. The Morgan fingerprint density at radius 3 is 2.87 bits per heavy atom. The van der Waals surface area contributed by atoms with E-state index >= 15 is 0 Å². The summed E-state index contributed by atoms with van der Waals surface area (Å²) in [5.41, 5.74) is 2.19. The second-order valence-corrected chi connectivity index (χ2v) is 4.28. The van der Waals surface area contributed by atoms with Gasteiger partial charge < -0.3 is 4.74 Å². The number of ether oxygens (including phenoxy) is 1. The molecule has 1 heterocycles. The molecule has 0 N–H and O–H groups in total. The monoisotopic (exact) mass is 265 g/mol. The van der Waals surface area contributed by atoms with E-state index in [2.05, 4.69) is 40.0 Å². The molecule has 2 aromatic rings. The van der Waals surface area contributed by atoms with Crippen LogP contribution >= 0.6 is 15.9 Å². The molecule has 0 unspecified atom stereocenters. The molecule has 0 atom stereocenters. The van der Waals surface area contributed by atoms with Crippen molar-refractivity contribution in [2.75, 3.05) is 6.61 Å². The average molecular weight is 266 g/mol. The fourth-order valence-electron chi connectivity index (χ4n) is 1.57. The number of rotatable bonds is 2. The summed E-state index contributed by atoms with van der Waals surface area (Å²) in [4.78, 5) is 4.37. The molecule has 1 aromatic carbocycles. The number of fused-ring (bicyclic) bond motifs is 1. The lowest BCUT2D eigenvalue weighted by atomic mass is 10.1. The number of benzene rings is 1. The number of aryl methyl sites for hydroxylation is 1. The summed E-state index contributed by atoms with van der Waals surface area (Å²) in [5, 5.41) is 1.10. The molecule has 78 valence electrons. The van der Waals surface area contributed by atoms with Gasteiger partial charge in [-0.3, -0.25) is 4.98 Å². The van der Waals surface area contributed by atoms with E-state index in [9.17, 15) is 0 Å². The lowest BCUT2D eigenvalue weighted by molar-refractivity contribution is 0.339. The lowest BCUT2D eigenvalue weighted by Gasteiger charge is -2.06. The van der Waals surface area contributed by atoms with E-state index in [0.717, 1.165) is 21.1 Å². The van der Waals surface area contributed by atoms with Crippen molar-refractivity contribution in [3.63, 3.8) is 0 Å². The quantitative estimate of drug-likeness (QED) is 0.826. The highest BCUT2D eigenvalue weighted by Gasteiger charge is 2.03. The molecule has 0 bridgehead atoms. The van der Waals surface area contributed by atoms with Gasteiger partial charge in [0.15, 0.2) is 0 Å². The van der Waals surface area contributed by atoms with E-state index < -0.39 is 0 Å². The predicted octanol–water partition coefficient (Wildman–Crippen LogP) is 3.70. The van der Waals surface area contributed by atoms with E-state index in [1.807, 2.05) is 13.0 Å². The second kappa shape index (κ2) is 4.19. The summed E-state index contributed by atoms with van der Waals surface area (Å²) >= 11 is 3.51. The van der Waals surface area contributed by atoms with Crippen LogP contribution in [0.25, 0.3) is 10.9 Å². The summed E-state index contributed by atoms with van der Waals surface area (Å²) in [7, 11) is 0. The molecule has 0 spiro atoms. The molecule has 1 aromatic heterocycles. The largest absolute Gasteiger partial charge is 0.492 e. The van der Waals surface area contributed by atoms with Crippen LogP contribution in [-0.2, 0) is 0 Å². The van der Waals surface area contributed by atoms with Crippen LogP contribution < -0.4 is 4.74 Å². The molecular weight excluding hydrogens is 254 g/mol. The van der Waals surface area contributed by atoms with Gasteiger partial charge in [-0.2, -0.15) is 0 Å². The zero-order valence-corrected chi connectivity index (χ0v) is 10.3. The molecule has 0 fully saturated rings. The Morgan fingerprint density at radius 2 is 2.13 bits per heavy atom. The first-order chi connectivity index (χ1) is 7.20. The standard InChI is InChI=1S/C12H12BrNO/c1-3-15-10-6-9-4-8(2)5-11(13)12(9)14-7-10/h4-7H,3H2,1-2H3. The van der Waals surface area contributed by atoms with Gasteiger partial charge >= 0.3 is 0 Å². The molecule has 0 amide bonds. The van der Waals surface area contributed by atoms with Crippen molar-refractivity contribution in [1.82, 2.24) is 4.98 Å². The molecule has 2 nitrogen and oxygen atoms in total. The van der Waals surface area contributed by atoms with Gasteiger partial charge in [0, 0.05) is 9.86 Å². The van der Waals surface area contributed by atoms with Crippen molar-refractivity contribution in [3.8, 4) is 5.75 Å². The smallest absolute Gasteiger partial charge is 0.138 e. The van der Waals surface area contributed by atoms with Crippen molar-refractivity contribution in [3.05, 3.63) is 34.4 Å². The van der Waals surface area contributed by atoms with Gasteiger partial charge in [-0.1, -0.05) is 0 Å². The Hall–Kier alpha value is -1.09. The van der Waals surface area contributed by atoms with Gasteiger partial charge in [-0.25, -0.2) is 0 Å². The highest BCUT2D eigenvalue weighted by molar-refractivity contribution is 9.10. The molecule has 0 aliphatic heterocycles. The Morgan fingerprint density at radius 1 is 1.33 bits per heavy atom. The maximum Gasteiger partial charge on any atom is 0.138 e. The van der Waals surface area contributed by atoms with Crippen LogP contribution in [0.15, 0.2) is 28.9 Å². The Bertz CT molecular complexity index is 496. The lowest BCUT2D eigenvalue weighted by Crippen LogP contribution is -1.92. The number of nitrogens with zero attached hydrogens (tertiary/aromatic N) is 1. The van der Waals surface area contributed by atoms with Gasteiger partial charge in [0.2, 0.25) is 0 Å². The first kappa shape index (κ1) is 10.4.